The van der Waals surface area contributed by atoms with Crippen molar-refractivity contribution in [2.24, 2.45) is 17.3 Å². The van der Waals surface area contributed by atoms with Crippen LogP contribution in [0.3, 0.4) is 0 Å². The normalized spacial score (nSPS) is 25.7. The molecule has 3 fully saturated rings. The average molecular weight is 246 g/mol. The van der Waals surface area contributed by atoms with Gasteiger partial charge in [0.1, 0.15) is 5.41 Å². The van der Waals surface area contributed by atoms with Crippen LogP contribution >= 0.6 is 0 Å². The van der Waals surface area contributed by atoms with Gasteiger partial charge < -0.3 is 4.90 Å². The minimum Gasteiger partial charge on any atom is -0.341 e. The van der Waals surface area contributed by atoms with Crippen LogP contribution in [-0.2, 0) is 4.79 Å². The van der Waals surface area contributed by atoms with Crippen LogP contribution in [0.15, 0.2) is 0 Å². The second-order valence-electron chi connectivity index (χ2n) is 6.50. The lowest BCUT2D eigenvalue weighted by Gasteiger charge is -2.30. The number of nitrogens with zero attached hydrogens (tertiary/aromatic N) is 2. The van der Waals surface area contributed by atoms with Gasteiger partial charge in [-0.25, -0.2) is 0 Å². The first-order valence-corrected chi connectivity index (χ1v) is 7.44. The van der Waals surface area contributed by atoms with E-state index in [2.05, 4.69) is 6.07 Å². The molecule has 0 aliphatic heterocycles. The fourth-order valence-electron chi connectivity index (χ4n) is 3.12. The third-order valence-electron chi connectivity index (χ3n) is 4.72. The molecule has 3 heteroatoms. The molecule has 3 saturated carbocycles. The number of hydrogen-bond acceptors (Lipinski definition) is 2. The summed E-state index contributed by atoms with van der Waals surface area (Å²) in [7, 11) is 0. The molecule has 3 aliphatic carbocycles. The molecule has 0 unspecified atom stereocenters. The molecular weight excluding hydrogens is 224 g/mol. The minimum atomic E-state index is -0.663. The van der Waals surface area contributed by atoms with Gasteiger partial charge in [0.05, 0.1) is 6.07 Å². The molecule has 0 atom stereocenters. The molecule has 0 radical (unpaired) electrons. The van der Waals surface area contributed by atoms with E-state index in [-0.39, 0.29) is 5.91 Å². The number of amides is 1. The maximum Gasteiger partial charge on any atom is 0.243 e. The van der Waals surface area contributed by atoms with Crippen LogP contribution in [0.25, 0.3) is 0 Å². The predicted molar refractivity (Wildman–Crippen MR) is 68.5 cm³/mol. The zero-order chi connectivity index (χ0) is 12.6. The van der Waals surface area contributed by atoms with Crippen molar-refractivity contribution in [1.29, 1.82) is 5.26 Å². The van der Waals surface area contributed by atoms with Crippen molar-refractivity contribution in [3.8, 4) is 6.07 Å². The number of carbonyl (C=O) groups excluding carboxylic acids is 1. The zero-order valence-electron chi connectivity index (χ0n) is 11.0. The molecule has 0 bridgehead atoms. The van der Waals surface area contributed by atoms with Crippen molar-refractivity contribution in [3.05, 3.63) is 0 Å². The summed E-state index contributed by atoms with van der Waals surface area (Å²) in [5, 5.41) is 9.44. The summed E-state index contributed by atoms with van der Waals surface area (Å²) in [5.41, 5.74) is -0.663. The van der Waals surface area contributed by atoms with Gasteiger partial charge in [-0.3, -0.25) is 4.79 Å². The van der Waals surface area contributed by atoms with Gasteiger partial charge in [0, 0.05) is 13.1 Å². The monoisotopic (exact) mass is 246 g/mol. The second-order valence-corrected chi connectivity index (χ2v) is 6.50. The molecule has 3 nitrogen and oxygen atoms in total. The molecule has 0 aromatic rings. The summed E-state index contributed by atoms with van der Waals surface area (Å²) in [5.74, 6) is 1.61. The van der Waals surface area contributed by atoms with E-state index in [4.69, 9.17) is 0 Å². The zero-order valence-corrected chi connectivity index (χ0v) is 11.0. The van der Waals surface area contributed by atoms with Crippen molar-refractivity contribution in [3.63, 3.8) is 0 Å². The highest BCUT2D eigenvalue weighted by atomic mass is 16.2. The largest absolute Gasteiger partial charge is 0.341 e. The van der Waals surface area contributed by atoms with Gasteiger partial charge in [-0.15, -0.1) is 0 Å². The summed E-state index contributed by atoms with van der Waals surface area (Å²) in [6.07, 6.45) is 8.74. The molecular formula is C15H22N2O. The molecule has 0 spiro atoms. The van der Waals surface area contributed by atoms with Crippen molar-refractivity contribution < 1.29 is 4.79 Å². The SMILES string of the molecule is N#CC1(C(=O)N(CC2CC2)CC2CC2)CCCC1. The molecule has 0 aromatic carbocycles. The molecule has 0 heterocycles. The first-order chi connectivity index (χ1) is 8.73. The van der Waals surface area contributed by atoms with E-state index < -0.39 is 5.41 Å². The van der Waals surface area contributed by atoms with Gasteiger partial charge in [0.2, 0.25) is 5.91 Å². The van der Waals surface area contributed by atoms with Crippen LogP contribution in [-0.4, -0.2) is 23.9 Å². The van der Waals surface area contributed by atoms with E-state index in [1.54, 1.807) is 0 Å². The molecule has 18 heavy (non-hydrogen) atoms. The molecule has 0 saturated heterocycles. The Bertz CT molecular complexity index is 356. The third kappa shape index (κ3) is 2.39. The fraction of sp³-hybridized carbons (Fsp3) is 0.867. The average Bonchev–Trinajstić information content (AvgIpc) is 3.30. The highest BCUT2D eigenvalue weighted by Gasteiger charge is 2.45. The topological polar surface area (TPSA) is 44.1 Å². The summed E-state index contributed by atoms with van der Waals surface area (Å²) in [4.78, 5) is 14.8. The Morgan fingerprint density at radius 1 is 1.11 bits per heavy atom. The first-order valence-electron chi connectivity index (χ1n) is 7.44. The van der Waals surface area contributed by atoms with Crippen LogP contribution in [0.2, 0.25) is 0 Å². The first kappa shape index (κ1) is 12.0. The third-order valence-corrected chi connectivity index (χ3v) is 4.72. The van der Waals surface area contributed by atoms with Crippen molar-refractivity contribution in [2.75, 3.05) is 13.1 Å². The van der Waals surface area contributed by atoms with Crippen LogP contribution in [0.5, 0.6) is 0 Å². The van der Waals surface area contributed by atoms with E-state index >= 15 is 0 Å². The Morgan fingerprint density at radius 3 is 2.00 bits per heavy atom. The minimum absolute atomic E-state index is 0.154. The molecule has 98 valence electrons. The lowest BCUT2D eigenvalue weighted by atomic mass is 9.86. The molecule has 1 amide bonds. The summed E-state index contributed by atoms with van der Waals surface area (Å²) in [6.45, 7) is 1.83. The maximum atomic E-state index is 12.7. The quantitative estimate of drug-likeness (QED) is 0.748. The predicted octanol–water partition coefficient (Wildman–Crippen LogP) is 2.72. The molecule has 0 N–H and O–H groups in total. The number of carbonyl (C=O) groups is 1. The lowest BCUT2D eigenvalue weighted by Crippen LogP contribution is -2.44. The van der Waals surface area contributed by atoms with Gasteiger partial charge >= 0.3 is 0 Å². The van der Waals surface area contributed by atoms with Crippen molar-refractivity contribution >= 4 is 5.91 Å². The van der Waals surface area contributed by atoms with E-state index in [1.165, 1.54) is 25.7 Å². The molecule has 3 rings (SSSR count). The molecule has 3 aliphatic rings. The Morgan fingerprint density at radius 2 is 1.61 bits per heavy atom. The Hall–Kier alpha value is -1.04. The summed E-state index contributed by atoms with van der Waals surface area (Å²) in [6, 6.07) is 2.35. The fourth-order valence-corrected chi connectivity index (χ4v) is 3.12. The van der Waals surface area contributed by atoms with E-state index in [9.17, 15) is 10.1 Å². The maximum absolute atomic E-state index is 12.7. The van der Waals surface area contributed by atoms with Crippen LogP contribution in [0, 0.1) is 28.6 Å². The Kier molecular flexibility index (Phi) is 3.05. The highest BCUT2D eigenvalue weighted by Crippen LogP contribution is 2.41. The van der Waals surface area contributed by atoms with Gasteiger partial charge in [0.15, 0.2) is 0 Å². The van der Waals surface area contributed by atoms with E-state index in [0.717, 1.165) is 50.6 Å². The lowest BCUT2D eigenvalue weighted by molar-refractivity contribution is -0.139. The van der Waals surface area contributed by atoms with E-state index in [0.29, 0.717) is 0 Å². The summed E-state index contributed by atoms with van der Waals surface area (Å²) >= 11 is 0. The van der Waals surface area contributed by atoms with Crippen LogP contribution < -0.4 is 0 Å². The summed E-state index contributed by atoms with van der Waals surface area (Å²) < 4.78 is 0. The second kappa shape index (κ2) is 4.57. The smallest absolute Gasteiger partial charge is 0.243 e. The standard InChI is InChI=1S/C15H22N2O/c16-11-15(7-1-2-8-15)14(18)17(9-12-3-4-12)10-13-5-6-13/h12-13H,1-10H2. The van der Waals surface area contributed by atoms with Crippen LogP contribution in [0.4, 0.5) is 0 Å². The number of nitriles is 1. The number of hydrogen-bond donors (Lipinski definition) is 0. The number of rotatable bonds is 5. The van der Waals surface area contributed by atoms with Gasteiger partial charge in [-0.1, -0.05) is 12.8 Å². The van der Waals surface area contributed by atoms with Crippen molar-refractivity contribution in [1.82, 2.24) is 4.90 Å². The van der Waals surface area contributed by atoms with Gasteiger partial charge in [0.25, 0.3) is 0 Å². The van der Waals surface area contributed by atoms with Gasteiger partial charge in [-0.2, -0.15) is 5.26 Å². The van der Waals surface area contributed by atoms with E-state index in [1.807, 2.05) is 4.90 Å². The highest BCUT2D eigenvalue weighted by molar-refractivity contribution is 5.86. The molecule has 0 aromatic heterocycles. The Balaban J connectivity index is 1.70. The van der Waals surface area contributed by atoms with Crippen LogP contribution in [0.1, 0.15) is 51.4 Å². The Labute approximate surface area is 109 Å². The van der Waals surface area contributed by atoms with Gasteiger partial charge in [-0.05, 0) is 50.4 Å². The van der Waals surface area contributed by atoms with Crippen molar-refractivity contribution in [2.45, 2.75) is 51.4 Å².